The maximum Gasteiger partial charge on any atom is 0.372 e. The molecule has 1 aliphatic heterocycles. The number of ether oxygens (including phenoxy) is 4. The largest absolute Gasteiger partial charge is 0.491 e. The number of alkyl halides is 1. The fourth-order valence-corrected chi connectivity index (χ4v) is 2.80. The minimum absolute atomic E-state index is 0.0270. The highest BCUT2D eigenvalue weighted by Gasteiger charge is 2.52. The van der Waals surface area contributed by atoms with E-state index in [1.165, 1.54) is 12.1 Å². The molecule has 0 bridgehead atoms. The maximum atomic E-state index is 12.5. The van der Waals surface area contributed by atoms with Crippen molar-refractivity contribution in [2.45, 2.75) is 11.7 Å². The van der Waals surface area contributed by atoms with Crippen LogP contribution in [0, 0.1) is 0 Å². The van der Waals surface area contributed by atoms with Crippen LogP contribution in [-0.2, 0) is 30.7 Å². The lowest BCUT2D eigenvalue weighted by Crippen LogP contribution is -2.32. The Kier molecular flexibility index (Phi) is 5.44. The van der Waals surface area contributed by atoms with Crippen LogP contribution in [0.25, 0.3) is 0 Å². The standard InChI is InChI=1S/C19H17ClO6/c1-23-9-10-24-14-7-8-16-15(11-14)17(21)26-19(16,20)18(22)25-12-13-5-3-2-4-6-13/h2-8,11H,9-10,12H2,1H3. The molecule has 0 saturated heterocycles. The summed E-state index contributed by atoms with van der Waals surface area (Å²) in [6.07, 6.45) is 0. The van der Waals surface area contributed by atoms with Crippen LogP contribution in [0.4, 0.5) is 0 Å². The van der Waals surface area contributed by atoms with E-state index in [-0.39, 0.29) is 17.7 Å². The van der Waals surface area contributed by atoms with Crippen LogP contribution < -0.4 is 4.74 Å². The molecular formula is C19H17ClO6. The molecule has 2 aromatic rings. The highest BCUT2D eigenvalue weighted by molar-refractivity contribution is 6.35. The number of rotatable bonds is 7. The summed E-state index contributed by atoms with van der Waals surface area (Å²) in [6.45, 7) is 0.765. The van der Waals surface area contributed by atoms with E-state index in [2.05, 4.69) is 0 Å². The molecule has 136 valence electrons. The van der Waals surface area contributed by atoms with Crippen molar-refractivity contribution in [2.24, 2.45) is 0 Å². The summed E-state index contributed by atoms with van der Waals surface area (Å²) in [6, 6.07) is 13.8. The van der Waals surface area contributed by atoms with Crippen molar-refractivity contribution in [3.05, 3.63) is 65.2 Å². The van der Waals surface area contributed by atoms with Gasteiger partial charge in [0.1, 0.15) is 19.0 Å². The molecule has 0 saturated carbocycles. The summed E-state index contributed by atoms with van der Waals surface area (Å²) in [4.78, 5) is 24.6. The molecule has 0 N–H and O–H groups in total. The molecule has 26 heavy (non-hydrogen) atoms. The van der Waals surface area contributed by atoms with Gasteiger partial charge in [-0.3, -0.25) is 0 Å². The first kappa shape index (κ1) is 18.2. The van der Waals surface area contributed by atoms with Gasteiger partial charge in [-0.15, -0.1) is 0 Å². The van der Waals surface area contributed by atoms with Crippen molar-refractivity contribution >= 4 is 23.5 Å². The zero-order valence-corrected chi connectivity index (χ0v) is 14.8. The zero-order valence-electron chi connectivity index (χ0n) is 14.1. The van der Waals surface area contributed by atoms with Crippen molar-refractivity contribution in [3.8, 4) is 5.75 Å². The third-order valence-electron chi connectivity index (χ3n) is 3.82. The lowest BCUT2D eigenvalue weighted by Gasteiger charge is -2.19. The molecule has 6 nitrogen and oxygen atoms in total. The van der Waals surface area contributed by atoms with E-state index in [0.717, 1.165) is 5.56 Å². The van der Waals surface area contributed by atoms with Crippen molar-refractivity contribution in [3.63, 3.8) is 0 Å². The maximum absolute atomic E-state index is 12.5. The summed E-state index contributed by atoms with van der Waals surface area (Å²) in [5, 5.41) is -1.99. The molecule has 0 aliphatic carbocycles. The van der Waals surface area contributed by atoms with Crippen LogP contribution in [0.2, 0.25) is 0 Å². The Morgan fingerprint density at radius 2 is 1.92 bits per heavy atom. The number of hydrogen-bond acceptors (Lipinski definition) is 6. The van der Waals surface area contributed by atoms with E-state index in [1.54, 1.807) is 13.2 Å². The summed E-state index contributed by atoms with van der Waals surface area (Å²) < 4.78 is 20.7. The number of hydrogen-bond donors (Lipinski definition) is 0. The predicted octanol–water partition coefficient (Wildman–Crippen LogP) is 3.02. The Morgan fingerprint density at radius 3 is 2.65 bits per heavy atom. The van der Waals surface area contributed by atoms with Crippen LogP contribution in [0.3, 0.4) is 0 Å². The van der Waals surface area contributed by atoms with Gasteiger partial charge in [-0.05, 0) is 23.8 Å². The van der Waals surface area contributed by atoms with Crippen LogP contribution in [0.15, 0.2) is 48.5 Å². The number of carbonyl (C=O) groups is 2. The number of carbonyl (C=O) groups excluding carboxylic acids is 2. The second-order valence-corrected chi connectivity index (χ2v) is 6.13. The summed E-state index contributed by atoms with van der Waals surface area (Å²) in [5.74, 6) is -1.09. The number of methoxy groups -OCH3 is 1. The van der Waals surface area contributed by atoms with E-state index in [0.29, 0.717) is 19.0 Å². The lowest BCUT2D eigenvalue weighted by molar-refractivity contribution is -0.158. The quantitative estimate of drug-likeness (QED) is 0.420. The zero-order chi connectivity index (χ0) is 18.6. The molecule has 2 aromatic carbocycles. The Bertz CT molecular complexity index is 807. The van der Waals surface area contributed by atoms with E-state index in [4.69, 9.17) is 30.5 Å². The first-order valence-corrected chi connectivity index (χ1v) is 8.32. The number of cyclic esters (lactones) is 1. The van der Waals surface area contributed by atoms with Gasteiger partial charge in [-0.1, -0.05) is 41.9 Å². The third-order valence-corrected chi connectivity index (χ3v) is 4.26. The second kappa shape index (κ2) is 7.76. The number of esters is 2. The van der Waals surface area contributed by atoms with Gasteiger partial charge in [-0.25, -0.2) is 9.59 Å². The molecule has 0 spiro atoms. The highest BCUT2D eigenvalue weighted by atomic mass is 35.5. The fraction of sp³-hybridized carbons (Fsp3) is 0.263. The van der Waals surface area contributed by atoms with Gasteiger partial charge in [0.15, 0.2) is 0 Å². The molecule has 1 unspecified atom stereocenters. The lowest BCUT2D eigenvalue weighted by atomic mass is 10.0. The minimum Gasteiger partial charge on any atom is -0.491 e. The first-order valence-electron chi connectivity index (χ1n) is 7.94. The molecule has 0 radical (unpaired) electrons. The molecule has 0 aromatic heterocycles. The van der Waals surface area contributed by atoms with Crippen LogP contribution in [0.5, 0.6) is 5.75 Å². The summed E-state index contributed by atoms with van der Waals surface area (Å²) in [5.41, 5.74) is 1.21. The molecule has 1 aliphatic rings. The molecular weight excluding hydrogens is 360 g/mol. The van der Waals surface area contributed by atoms with Gasteiger partial charge in [0.05, 0.1) is 12.2 Å². The molecule has 7 heteroatoms. The van der Waals surface area contributed by atoms with E-state index in [1.807, 2.05) is 30.3 Å². The number of fused-ring (bicyclic) bond motifs is 1. The molecule has 0 amide bonds. The van der Waals surface area contributed by atoms with E-state index >= 15 is 0 Å². The van der Waals surface area contributed by atoms with Crippen molar-refractivity contribution < 1.29 is 28.5 Å². The topological polar surface area (TPSA) is 71.1 Å². The Balaban J connectivity index is 1.75. The fourth-order valence-electron chi connectivity index (χ4n) is 2.51. The second-order valence-electron chi connectivity index (χ2n) is 5.60. The first-order chi connectivity index (χ1) is 12.5. The van der Waals surface area contributed by atoms with Crippen LogP contribution in [-0.4, -0.2) is 32.3 Å². The highest BCUT2D eigenvalue weighted by Crippen LogP contribution is 2.42. The molecule has 1 heterocycles. The third kappa shape index (κ3) is 3.66. The SMILES string of the molecule is COCCOc1ccc2c(c1)C(=O)OC2(Cl)C(=O)OCc1ccccc1. The van der Waals surface area contributed by atoms with E-state index in [9.17, 15) is 9.59 Å². The van der Waals surface area contributed by atoms with Crippen LogP contribution in [0.1, 0.15) is 21.5 Å². The van der Waals surface area contributed by atoms with Gasteiger partial charge in [0, 0.05) is 12.7 Å². The Labute approximate surface area is 155 Å². The van der Waals surface area contributed by atoms with E-state index < -0.39 is 17.0 Å². The van der Waals surface area contributed by atoms with Crippen molar-refractivity contribution in [1.82, 2.24) is 0 Å². The smallest absolute Gasteiger partial charge is 0.372 e. The number of benzene rings is 2. The molecule has 1 atom stereocenters. The van der Waals surface area contributed by atoms with Crippen LogP contribution >= 0.6 is 11.6 Å². The van der Waals surface area contributed by atoms with Gasteiger partial charge in [0.25, 0.3) is 0 Å². The summed E-state index contributed by atoms with van der Waals surface area (Å²) in [7, 11) is 1.56. The van der Waals surface area contributed by atoms with Crippen molar-refractivity contribution in [2.75, 3.05) is 20.3 Å². The van der Waals surface area contributed by atoms with Crippen molar-refractivity contribution in [1.29, 1.82) is 0 Å². The molecule has 3 rings (SSSR count). The summed E-state index contributed by atoms with van der Waals surface area (Å²) >= 11 is 6.31. The normalized spacial score (nSPS) is 18.2. The van der Waals surface area contributed by atoms with Gasteiger partial charge >= 0.3 is 17.0 Å². The Morgan fingerprint density at radius 1 is 1.15 bits per heavy atom. The van der Waals surface area contributed by atoms with Gasteiger partial charge < -0.3 is 18.9 Å². The number of halogens is 1. The van der Waals surface area contributed by atoms with Gasteiger partial charge in [0.2, 0.25) is 0 Å². The monoisotopic (exact) mass is 376 g/mol. The predicted molar refractivity (Wildman–Crippen MR) is 93.0 cm³/mol. The average Bonchev–Trinajstić information content (AvgIpc) is 2.92. The van der Waals surface area contributed by atoms with Gasteiger partial charge in [-0.2, -0.15) is 0 Å². The molecule has 0 fully saturated rings. The minimum atomic E-state index is -1.99. The average molecular weight is 377 g/mol. The Hall–Kier alpha value is -2.57.